The van der Waals surface area contributed by atoms with E-state index in [1.165, 1.54) is 0 Å². The van der Waals surface area contributed by atoms with Gasteiger partial charge in [-0.15, -0.1) is 0 Å². The van der Waals surface area contributed by atoms with E-state index in [1.807, 2.05) is 12.1 Å². The fraction of sp³-hybridized carbons (Fsp3) is 0.500. The summed E-state index contributed by atoms with van der Waals surface area (Å²) in [5.41, 5.74) is 1.69. The summed E-state index contributed by atoms with van der Waals surface area (Å²) in [6.45, 7) is 5.46. The quantitative estimate of drug-likeness (QED) is 0.526. The molecule has 114 valence electrons. The van der Waals surface area contributed by atoms with Crippen LogP contribution in [0.15, 0.2) is 23.4 Å². The highest BCUT2D eigenvalue weighted by Gasteiger charge is 2.32. The number of hydrogen-bond donors (Lipinski definition) is 1. The van der Waals surface area contributed by atoms with Crippen molar-refractivity contribution in [3.05, 3.63) is 29.3 Å². The highest BCUT2D eigenvalue weighted by molar-refractivity contribution is 6.02. The molecule has 2 rings (SSSR count). The van der Waals surface area contributed by atoms with Gasteiger partial charge in [-0.05, 0) is 63.8 Å². The normalized spacial score (nSPS) is 16.4. The summed E-state index contributed by atoms with van der Waals surface area (Å²) in [7, 11) is 0. The minimum atomic E-state index is -1.03. The van der Waals surface area contributed by atoms with Crippen LogP contribution in [-0.2, 0) is 16.0 Å². The van der Waals surface area contributed by atoms with Gasteiger partial charge in [-0.1, -0.05) is 5.16 Å². The largest absolute Gasteiger partial charge is 0.476 e. The fourth-order valence-corrected chi connectivity index (χ4v) is 2.45. The molecule has 21 heavy (non-hydrogen) atoms. The van der Waals surface area contributed by atoms with Gasteiger partial charge in [-0.3, -0.25) is 0 Å². The van der Waals surface area contributed by atoms with Crippen LogP contribution >= 0.6 is 0 Å². The first-order valence-corrected chi connectivity index (χ1v) is 7.18. The van der Waals surface area contributed by atoms with E-state index in [9.17, 15) is 4.79 Å². The van der Waals surface area contributed by atoms with Gasteiger partial charge in [0.25, 0.3) is 0 Å². The Kier molecular flexibility index (Phi) is 4.50. The number of oxime groups is 1. The second kappa shape index (κ2) is 6.16. The number of hydrogen-bond acceptors (Lipinski definition) is 5. The van der Waals surface area contributed by atoms with Gasteiger partial charge in [0, 0.05) is 5.56 Å². The van der Waals surface area contributed by atoms with Gasteiger partial charge in [0.05, 0.1) is 12.3 Å². The molecule has 0 saturated carbocycles. The molecular formula is C16H21NO4. The number of ether oxygens (including phenoxy) is 2. The van der Waals surface area contributed by atoms with Gasteiger partial charge in [0.15, 0.2) is 5.60 Å². The van der Waals surface area contributed by atoms with Crippen molar-refractivity contribution in [1.29, 1.82) is 0 Å². The van der Waals surface area contributed by atoms with Crippen molar-refractivity contribution in [3.8, 4) is 5.75 Å². The Hall–Kier alpha value is -2.04. The smallest absolute Gasteiger partial charge is 0.349 e. The van der Waals surface area contributed by atoms with E-state index >= 15 is 0 Å². The van der Waals surface area contributed by atoms with Crippen LogP contribution in [0.5, 0.6) is 5.75 Å². The topological polar surface area (TPSA) is 68.1 Å². The molecule has 0 atom stereocenters. The number of rotatable bonds is 4. The molecule has 0 spiro atoms. The van der Waals surface area contributed by atoms with Crippen LogP contribution in [0, 0.1) is 0 Å². The van der Waals surface area contributed by atoms with Gasteiger partial charge in [0.2, 0.25) is 0 Å². The number of benzene rings is 1. The van der Waals surface area contributed by atoms with Gasteiger partial charge >= 0.3 is 5.97 Å². The zero-order chi connectivity index (χ0) is 15.5. The molecule has 1 aromatic rings. The summed E-state index contributed by atoms with van der Waals surface area (Å²) in [6, 6.07) is 5.57. The van der Waals surface area contributed by atoms with E-state index in [2.05, 4.69) is 5.16 Å². The van der Waals surface area contributed by atoms with E-state index in [0.29, 0.717) is 18.1 Å². The molecule has 0 amide bonds. The molecule has 0 aliphatic heterocycles. The molecule has 0 unspecified atom stereocenters. The van der Waals surface area contributed by atoms with Crippen LogP contribution < -0.4 is 4.74 Å². The summed E-state index contributed by atoms with van der Waals surface area (Å²) in [4.78, 5) is 11.9. The SMILES string of the molecule is CCOC(=O)C(C)(C)Oc1ccc2c(c1)CCC/C2=N\O. The van der Waals surface area contributed by atoms with Crippen molar-refractivity contribution in [2.75, 3.05) is 6.61 Å². The van der Waals surface area contributed by atoms with Crippen LogP contribution in [0.4, 0.5) is 0 Å². The number of fused-ring (bicyclic) bond motifs is 1. The molecule has 1 N–H and O–H groups in total. The van der Waals surface area contributed by atoms with Crippen LogP contribution in [0.2, 0.25) is 0 Å². The third kappa shape index (κ3) is 3.35. The molecule has 5 nitrogen and oxygen atoms in total. The molecule has 0 radical (unpaired) electrons. The molecule has 1 aromatic carbocycles. The molecule has 0 bridgehead atoms. The molecule has 0 saturated heterocycles. The Labute approximate surface area is 124 Å². The third-order valence-electron chi connectivity index (χ3n) is 3.51. The zero-order valence-corrected chi connectivity index (χ0v) is 12.7. The number of esters is 1. The van der Waals surface area contributed by atoms with E-state index in [-0.39, 0.29) is 5.97 Å². The summed E-state index contributed by atoms with van der Waals surface area (Å²) in [5, 5.41) is 12.4. The Morgan fingerprint density at radius 2 is 2.14 bits per heavy atom. The first kappa shape index (κ1) is 15.4. The van der Waals surface area contributed by atoms with Crippen molar-refractivity contribution >= 4 is 11.7 Å². The maximum Gasteiger partial charge on any atom is 0.349 e. The molecule has 0 fully saturated rings. The van der Waals surface area contributed by atoms with Crippen molar-refractivity contribution in [2.45, 2.75) is 45.6 Å². The van der Waals surface area contributed by atoms with E-state index in [1.54, 1.807) is 26.8 Å². The first-order valence-electron chi connectivity index (χ1n) is 7.18. The Bertz CT molecular complexity index is 563. The lowest BCUT2D eigenvalue weighted by Crippen LogP contribution is -2.39. The molecular weight excluding hydrogens is 270 g/mol. The van der Waals surface area contributed by atoms with E-state index in [0.717, 1.165) is 30.4 Å². The molecule has 0 aromatic heterocycles. The van der Waals surface area contributed by atoms with Crippen LogP contribution in [0.25, 0.3) is 0 Å². The van der Waals surface area contributed by atoms with Gasteiger partial charge in [0.1, 0.15) is 5.75 Å². The lowest BCUT2D eigenvalue weighted by Gasteiger charge is -2.25. The number of carbonyl (C=O) groups is 1. The minimum absolute atomic E-state index is 0.326. The summed E-state index contributed by atoms with van der Waals surface area (Å²) >= 11 is 0. The predicted octanol–water partition coefficient (Wildman–Crippen LogP) is 2.92. The van der Waals surface area contributed by atoms with Crippen LogP contribution in [0.3, 0.4) is 0 Å². The standard InChI is InChI=1S/C16H21NO4/c1-4-20-15(18)16(2,3)21-12-8-9-13-11(10-12)6-5-7-14(13)17-19/h8-10,19H,4-7H2,1-3H3/b17-14+. The summed E-state index contributed by atoms with van der Waals surface area (Å²) < 4.78 is 10.8. The second-order valence-corrected chi connectivity index (χ2v) is 5.55. The molecule has 1 aliphatic rings. The Morgan fingerprint density at radius 3 is 2.81 bits per heavy atom. The molecule has 0 heterocycles. The highest BCUT2D eigenvalue weighted by Crippen LogP contribution is 2.28. The first-order chi connectivity index (χ1) is 9.97. The Morgan fingerprint density at radius 1 is 1.38 bits per heavy atom. The predicted molar refractivity (Wildman–Crippen MR) is 79.0 cm³/mol. The molecule has 1 aliphatic carbocycles. The monoisotopic (exact) mass is 291 g/mol. The van der Waals surface area contributed by atoms with Crippen molar-refractivity contribution < 1.29 is 19.5 Å². The van der Waals surface area contributed by atoms with Crippen molar-refractivity contribution in [1.82, 2.24) is 0 Å². The lowest BCUT2D eigenvalue weighted by atomic mass is 9.90. The minimum Gasteiger partial charge on any atom is -0.476 e. The number of nitrogens with zero attached hydrogens (tertiary/aromatic N) is 1. The number of carbonyl (C=O) groups excluding carboxylic acids is 1. The lowest BCUT2D eigenvalue weighted by molar-refractivity contribution is -0.158. The second-order valence-electron chi connectivity index (χ2n) is 5.55. The Balaban J connectivity index is 2.21. The maximum atomic E-state index is 11.9. The average molecular weight is 291 g/mol. The highest BCUT2D eigenvalue weighted by atomic mass is 16.6. The van der Waals surface area contributed by atoms with Crippen LogP contribution in [-0.4, -0.2) is 29.1 Å². The number of aryl methyl sites for hydroxylation is 1. The average Bonchev–Trinajstić information content (AvgIpc) is 2.46. The summed E-state index contributed by atoms with van der Waals surface area (Å²) in [5.74, 6) is 0.228. The van der Waals surface area contributed by atoms with E-state index in [4.69, 9.17) is 14.7 Å². The fourth-order valence-electron chi connectivity index (χ4n) is 2.45. The van der Waals surface area contributed by atoms with Gasteiger partial charge in [-0.25, -0.2) is 4.79 Å². The molecule has 5 heteroatoms. The van der Waals surface area contributed by atoms with Crippen molar-refractivity contribution in [2.24, 2.45) is 5.16 Å². The van der Waals surface area contributed by atoms with Gasteiger partial charge in [-0.2, -0.15) is 0 Å². The third-order valence-corrected chi connectivity index (χ3v) is 3.51. The van der Waals surface area contributed by atoms with E-state index < -0.39 is 5.60 Å². The van der Waals surface area contributed by atoms with Crippen molar-refractivity contribution in [3.63, 3.8) is 0 Å². The summed E-state index contributed by atoms with van der Waals surface area (Å²) in [6.07, 6.45) is 2.63. The van der Waals surface area contributed by atoms with Crippen LogP contribution in [0.1, 0.15) is 44.7 Å². The van der Waals surface area contributed by atoms with Gasteiger partial charge < -0.3 is 14.7 Å². The zero-order valence-electron chi connectivity index (χ0n) is 12.7. The maximum absolute atomic E-state index is 11.9.